The van der Waals surface area contributed by atoms with E-state index in [9.17, 15) is 0 Å². The van der Waals surface area contributed by atoms with Crippen molar-refractivity contribution < 1.29 is 5.11 Å². The maximum Gasteiger partial charge on any atom is 0.101 e. The van der Waals surface area contributed by atoms with Crippen LogP contribution in [0.3, 0.4) is 0 Å². The minimum absolute atomic E-state index is 0.282. The number of nitriles is 1. The maximum atomic E-state index is 8.96. The van der Waals surface area contributed by atoms with E-state index in [1.54, 1.807) is 0 Å². The molecule has 17 heavy (non-hydrogen) atoms. The average molecular weight is 232 g/mol. The Morgan fingerprint density at radius 1 is 1.24 bits per heavy atom. The summed E-state index contributed by atoms with van der Waals surface area (Å²) < 4.78 is 0. The van der Waals surface area contributed by atoms with Crippen molar-refractivity contribution in [2.24, 2.45) is 0 Å². The van der Waals surface area contributed by atoms with E-state index in [2.05, 4.69) is 11.4 Å². The highest BCUT2D eigenvalue weighted by Gasteiger charge is 2.00. The molecule has 2 N–H and O–H groups in total. The molecule has 0 unspecified atom stereocenters. The lowest BCUT2D eigenvalue weighted by Gasteiger charge is -2.08. The highest BCUT2D eigenvalue weighted by Crippen LogP contribution is 2.16. The van der Waals surface area contributed by atoms with Gasteiger partial charge >= 0.3 is 0 Å². The van der Waals surface area contributed by atoms with Gasteiger partial charge in [-0.1, -0.05) is 18.9 Å². The quantitative estimate of drug-likeness (QED) is 0.711. The third-order valence-electron chi connectivity index (χ3n) is 2.70. The molecule has 1 aromatic carbocycles. The zero-order chi connectivity index (χ0) is 12.5. The summed E-state index contributed by atoms with van der Waals surface area (Å²) in [5.41, 5.74) is 2.78. The molecule has 1 rings (SSSR count). The van der Waals surface area contributed by atoms with Crippen LogP contribution >= 0.6 is 0 Å². The van der Waals surface area contributed by atoms with Gasteiger partial charge in [-0.05, 0) is 37.5 Å². The van der Waals surface area contributed by atoms with Crippen LogP contribution < -0.4 is 5.32 Å². The summed E-state index contributed by atoms with van der Waals surface area (Å²) in [6, 6.07) is 7.99. The van der Waals surface area contributed by atoms with E-state index in [0.29, 0.717) is 5.56 Å². The number of benzene rings is 1. The number of aliphatic hydroxyl groups is 1. The van der Waals surface area contributed by atoms with E-state index in [0.717, 1.165) is 43.5 Å². The number of aliphatic hydroxyl groups excluding tert-OH is 1. The van der Waals surface area contributed by atoms with Gasteiger partial charge in [-0.3, -0.25) is 0 Å². The molecule has 0 spiro atoms. The normalized spacial score (nSPS) is 9.94. The Kier molecular flexibility index (Phi) is 6.13. The average Bonchev–Trinajstić information content (AvgIpc) is 2.34. The van der Waals surface area contributed by atoms with E-state index < -0.39 is 0 Å². The molecule has 0 aliphatic rings. The highest BCUT2D eigenvalue weighted by molar-refractivity contribution is 5.58. The molecule has 0 radical (unpaired) electrons. The van der Waals surface area contributed by atoms with Gasteiger partial charge in [-0.25, -0.2) is 0 Å². The van der Waals surface area contributed by atoms with Crippen LogP contribution in [0.4, 0.5) is 5.69 Å². The Morgan fingerprint density at radius 3 is 2.71 bits per heavy atom. The Balaban J connectivity index is 2.36. The monoisotopic (exact) mass is 232 g/mol. The predicted octanol–water partition coefficient (Wildman–Crippen LogP) is 2.83. The molecule has 0 aliphatic carbocycles. The van der Waals surface area contributed by atoms with Crippen molar-refractivity contribution in [2.75, 3.05) is 18.5 Å². The molecule has 0 saturated carbocycles. The number of anilines is 1. The summed E-state index contributed by atoms with van der Waals surface area (Å²) in [7, 11) is 0. The molecule has 0 atom stereocenters. The summed E-state index contributed by atoms with van der Waals surface area (Å²) >= 11 is 0. The minimum Gasteiger partial charge on any atom is -0.396 e. The van der Waals surface area contributed by atoms with E-state index in [4.69, 9.17) is 10.4 Å². The first-order valence-electron chi connectivity index (χ1n) is 6.13. The molecule has 92 valence electrons. The summed E-state index contributed by atoms with van der Waals surface area (Å²) in [5, 5.41) is 20.9. The second-order valence-electron chi connectivity index (χ2n) is 4.23. The third-order valence-corrected chi connectivity index (χ3v) is 2.70. The van der Waals surface area contributed by atoms with Crippen LogP contribution in [0.1, 0.15) is 36.8 Å². The predicted molar refractivity (Wildman–Crippen MR) is 69.9 cm³/mol. The fourth-order valence-corrected chi connectivity index (χ4v) is 1.72. The van der Waals surface area contributed by atoms with Gasteiger partial charge < -0.3 is 10.4 Å². The van der Waals surface area contributed by atoms with Crippen molar-refractivity contribution in [3.8, 4) is 6.07 Å². The number of rotatable bonds is 7. The molecule has 0 bridgehead atoms. The molecule has 0 saturated heterocycles. The molecule has 0 amide bonds. The highest BCUT2D eigenvalue weighted by atomic mass is 16.2. The van der Waals surface area contributed by atoms with Gasteiger partial charge in [0.2, 0.25) is 0 Å². The van der Waals surface area contributed by atoms with Crippen LogP contribution in [0.15, 0.2) is 18.2 Å². The van der Waals surface area contributed by atoms with Crippen molar-refractivity contribution in [2.45, 2.75) is 32.6 Å². The number of unbranched alkanes of at least 4 members (excludes halogenated alkanes) is 3. The fraction of sp³-hybridized carbons (Fsp3) is 0.500. The van der Waals surface area contributed by atoms with Gasteiger partial charge in [0.05, 0.1) is 11.3 Å². The second-order valence-corrected chi connectivity index (χ2v) is 4.23. The zero-order valence-corrected chi connectivity index (χ0v) is 10.4. The molecule has 0 heterocycles. The number of hydrogen-bond donors (Lipinski definition) is 2. The van der Waals surface area contributed by atoms with Gasteiger partial charge in [0, 0.05) is 13.2 Å². The lowest BCUT2D eigenvalue weighted by molar-refractivity contribution is 0.283. The lowest BCUT2D eigenvalue weighted by atomic mass is 10.1. The Labute approximate surface area is 103 Å². The standard InChI is InChI=1S/C14H20N2O/c1-12-6-7-13(11-15)14(10-12)16-8-4-2-3-5-9-17/h6-7,10,16-17H,2-5,8-9H2,1H3. The van der Waals surface area contributed by atoms with Gasteiger partial charge in [-0.2, -0.15) is 5.26 Å². The molecule has 0 fully saturated rings. The van der Waals surface area contributed by atoms with Crippen LogP contribution in [-0.4, -0.2) is 18.3 Å². The van der Waals surface area contributed by atoms with Crippen molar-refractivity contribution in [1.82, 2.24) is 0 Å². The Morgan fingerprint density at radius 2 is 2.00 bits per heavy atom. The fourth-order valence-electron chi connectivity index (χ4n) is 1.72. The maximum absolute atomic E-state index is 8.96. The summed E-state index contributed by atoms with van der Waals surface area (Å²) in [5.74, 6) is 0. The molecular weight excluding hydrogens is 212 g/mol. The van der Waals surface area contributed by atoms with Gasteiger partial charge in [0.15, 0.2) is 0 Å². The van der Waals surface area contributed by atoms with Crippen LogP contribution in [0.5, 0.6) is 0 Å². The van der Waals surface area contributed by atoms with Crippen molar-refractivity contribution in [3.05, 3.63) is 29.3 Å². The van der Waals surface area contributed by atoms with Gasteiger partial charge in [0.25, 0.3) is 0 Å². The summed E-state index contributed by atoms with van der Waals surface area (Å²) in [6.45, 7) is 3.18. The van der Waals surface area contributed by atoms with E-state index in [1.165, 1.54) is 0 Å². The van der Waals surface area contributed by atoms with E-state index >= 15 is 0 Å². The van der Waals surface area contributed by atoms with E-state index in [1.807, 2.05) is 25.1 Å². The van der Waals surface area contributed by atoms with Crippen LogP contribution in [0.2, 0.25) is 0 Å². The van der Waals surface area contributed by atoms with Crippen LogP contribution in [-0.2, 0) is 0 Å². The van der Waals surface area contributed by atoms with Crippen molar-refractivity contribution >= 4 is 5.69 Å². The molecule has 0 aliphatic heterocycles. The zero-order valence-electron chi connectivity index (χ0n) is 10.4. The van der Waals surface area contributed by atoms with Crippen LogP contribution in [0, 0.1) is 18.3 Å². The number of aryl methyl sites for hydroxylation is 1. The molecule has 3 heteroatoms. The smallest absolute Gasteiger partial charge is 0.101 e. The van der Waals surface area contributed by atoms with E-state index in [-0.39, 0.29) is 6.61 Å². The molecule has 3 nitrogen and oxygen atoms in total. The molecule has 1 aromatic rings. The Hall–Kier alpha value is -1.53. The van der Waals surface area contributed by atoms with Crippen molar-refractivity contribution in [3.63, 3.8) is 0 Å². The van der Waals surface area contributed by atoms with Crippen LogP contribution in [0.25, 0.3) is 0 Å². The SMILES string of the molecule is Cc1ccc(C#N)c(NCCCCCCO)c1. The first-order chi connectivity index (χ1) is 8.27. The second kappa shape index (κ2) is 7.70. The van der Waals surface area contributed by atoms with Gasteiger partial charge in [0.1, 0.15) is 6.07 Å². The van der Waals surface area contributed by atoms with Crippen molar-refractivity contribution in [1.29, 1.82) is 5.26 Å². The number of nitrogens with one attached hydrogen (secondary N) is 1. The third kappa shape index (κ3) is 4.88. The summed E-state index contributed by atoms with van der Waals surface area (Å²) in [6.07, 6.45) is 4.13. The molecular formula is C14H20N2O. The first-order valence-corrected chi connectivity index (χ1v) is 6.13. The topological polar surface area (TPSA) is 56.0 Å². The largest absolute Gasteiger partial charge is 0.396 e. The van der Waals surface area contributed by atoms with Gasteiger partial charge in [-0.15, -0.1) is 0 Å². The molecule has 0 aromatic heterocycles. The first kappa shape index (κ1) is 13.5. The summed E-state index contributed by atoms with van der Waals surface area (Å²) in [4.78, 5) is 0. The lowest BCUT2D eigenvalue weighted by Crippen LogP contribution is -2.03. The Bertz CT molecular complexity index is 382. The minimum atomic E-state index is 0.282. The number of nitrogens with zero attached hydrogens (tertiary/aromatic N) is 1. The number of hydrogen-bond acceptors (Lipinski definition) is 3.